The zero-order valence-electron chi connectivity index (χ0n) is 6.40. The van der Waals surface area contributed by atoms with Gasteiger partial charge < -0.3 is 9.52 Å². The van der Waals surface area contributed by atoms with Crippen molar-refractivity contribution in [1.29, 1.82) is 0 Å². The molecular formula is C8H7BNO2+. The zero-order chi connectivity index (χ0) is 8.55. The first-order chi connectivity index (χ1) is 5.81. The maximum absolute atomic E-state index is 8.88. The summed E-state index contributed by atoms with van der Waals surface area (Å²) in [5.74, 6) is 0. The Labute approximate surface area is 70.7 Å². The lowest BCUT2D eigenvalue weighted by Crippen LogP contribution is -2.35. The highest BCUT2D eigenvalue weighted by molar-refractivity contribution is 5.95. The molecule has 0 saturated heterocycles. The van der Waals surface area contributed by atoms with Crippen LogP contribution in [0.2, 0.25) is 0 Å². The summed E-state index contributed by atoms with van der Waals surface area (Å²) in [6.07, 6.45) is 3.23. The molecule has 1 N–H and O–H groups in total. The Bertz CT molecular complexity index is 410. The molecule has 0 unspecified atom stereocenters. The molecule has 0 aliphatic carbocycles. The van der Waals surface area contributed by atoms with Crippen LogP contribution in [0.1, 0.15) is 5.69 Å². The van der Waals surface area contributed by atoms with Gasteiger partial charge in [-0.3, -0.25) is 4.48 Å². The fraction of sp³-hybridized carbons (Fsp3) is 0.125. The number of aliphatic hydroxyl groups is 1. The summed E-state index contributed by atoms with van der Waals surface area (Å²) in [5, 5.41) is 9.83. The third-order valence-electron chi connectivity index (χ3n) is 1.80. The molecule has 2 radical (unpaired) electrons. The van der Waals surface area contributed by atoms with Crippen molar-refractivity contribution in [1.82, 2.24) is 0 Å². The van der Waals surface area contributed by atoms with E-state index in [0.29, 0.717) is 5.69 Å². The van der Waals surface area contributed by atoms with Gasteiger partial charge in [-0.25, -0.2) is 0 Å². The van der Waals surface area contributed by atoms with Gasteiger partial charge in [-0.2, -0.15) is 0 Å². The third kappa shape index (κ3) is 1.01. The number of pyridine rings is 1. The average Bonchev–Trinajstić information content (AvgIpc) is 2.49. The summed E-state index contributed by atoms with van der Waals surface area (Å²) < 4.78 is 6.47. The number of aromatic nitrogens is 1. The monoisotopic (exact) mass is 160 g/mol. The number of rotatable bonds is 1. The Kier molecular flexibility index (Phi) is 1.62. The molecule has 3 nitrogen and oxygen atoms in total. The Balaban J connectivity index is 2.73. The van der Waals surface area contributed by atoms with Gasteiger partial charge in [0.25, 0.3) is 0 Å². The molecule has 0 fully saturated rings. The second-order valence-electron chi connectivity index (χ2n) is 2.57. The lowest BCUT2D eigenvalue weighted by atomic mass is 10.2. The van der Waals surface area contributed by atoms with E-state index >= 15 is 0 Å². The molecule has 0 saturated carbocycles. The van der Waals surface area contributed by atoms with Crippen molar-refractivity contribution in [2.75, 3.05) is 0 Å². The lowest BCUT2D eigenvalue weighted by molar-refractivity contribution is -0.533. The average molecular weight is 160 g/mol. The van der Waals surface area contributed by atoms with Crippen LogP contribution in [0.4, 0.5) is 0 Å². The van der Waals surface area contributed by atoms with E-state index in [9.17, 15) is 0 Å². The molecule has 4 heteroatoms. The summed E-state index contributed by atoms with van der Waals surface area (Å²) in [7, 11) is 5.55. The van der Waals surface area contributed by atoms with Crippen LogP contribution in [0.25, 0.3) is 11.0 Å². The first kappa shape index (κ1) is 7.37. The normalized spacial score (nSPS) is 10.8. The third-order valence-corrected chi connectivity index (χ3v) is 1.80. The van der Waals surface area contributed by atoms with E-state index < -0.39 is 0 Å². The minimum Gasteiger partial charge on any atom is -0.458 e. The molecule has 0 aliphatic rings. The summed E-state index contributed by atoms with van der Waals surface area (Å²) in [6, 6.07) is 3.62. The van der Waals surface area contributed by atoms with Crippen molar-refractivity contribution in [3.05, 3.63) is 30.3 Å². The highest BCUT2D eigenvalue weighted by Gasteiger charge is 2.08. The van der Waals surface area contributed by atoms with Gasteiger partial charge in [0.15, 0.2) is 17.5 Å². The highest BCUT2D eigenvalue weighted by atomic mass is 16.3. The SMILES string of the molecule is [B][n+]1cc2occc2cc1CO. The van der Waals surface area contributed by atoms with Crippen LogP contribution in [0, 0.1) is 0 Å². The number of nitrogens with zero attached hydrogens (tertiary/aromatic N) is 1. The Morgan fingerprint density at radius 2 is 2.42 bits per heavy atom. The highest BCUT2D eigenvalue weighted by Crippen LogP contribution is 2.13. The summed E-state index contributed by atoms with van der Waals surface area (Å²) in [4.78, 5) is 0. The van der Waals surface area contributed by atoms with Gasteiger partial charge in [0.05, 0.1) is 6.26 Å². The first-order valence-electron chi connectivity index (χ1n) is 3.59. The van der Waals surface area contributed by atoms with Gasteiger partial charge in [0.2, 0.25) is 0 Å². The molecule has 2 aromatic heterocycles. The molecule has 0 aliphatic heterocycles. The molecule has 58 valence electrons. The van der Waals surface area contributed by atoms with Crippen molar-refractivity contribution in [3.8, 4) is 0 Å². The number of hydrogen-bond donors (Lipinski definition) is 1. The van der Waals surface area contributed by atoms with Crippen LogP contribution < -0.4 is 4.48 Å². The lowest BCUT2D eigenvalue weighted by Gasteiger charge is -1.95. The molecule has 0 spiro atoms. The standard InChI is InChI=1S/C8H7BNO2/c9-10-4-8-6(1-2-12-8)3-7(10)5-11/h1-4,11H,5H2/q+1. The predicted octanol–water partition coefficient (Wildman–Crippen LogP) is 0.144. The summed E-state index contributed by atoms with van der Waals surface area (Å²) in [5.41, 5.74) is 1.37. The van der Waals surface area contributed by atoms with Crippen LogP contribution >= 0.6 is 0 Å². The second-order valence-corrected chi connectivity index (χ2v) is 2.57. The minimum absolute atomic E-state index is 0.0718. The number of furan rings is 1. The molecule has 0 aromatic carbocycles. The number of fused-ring (bicyclic) bond motifs is 1. The van der Waals surface area contributed by atoms with E-state index in [4.69, 9.17) is 17.5 Å². The fourth-order valence-corrected chi connectivity index (χ4v) is 1.15. The van der Waals surface area contributed by atoms with E-state index in [-0.39, 0.29) is 6.61 Å². The van der Waals surface area contributed by atoms with E-state index in [1.165, 1.54) is 4.48 Å². The van der Waals surface area contributed by atoms with Gasteiger partial charge in [-0.05, 0) is 6.07 Å². The molecule has 0 bridgehead atoms. The largest absolute Gasteiger partial charge is 0.586 e. The molecule has 2 heterocycles. The van der Waals surface area contributed by atoms with E-state index in [0.717, 1.165) is 11.0 Å². The Morgan fingerprint density at radius 3 is 3.17 bits per heavy atom. The summed E-state index contributed by atoms with van der Waals surface area (Å²) >= 11 is 0. The molecule has 2 rings (SSSR count). The summed E-state index contributed by atoms with van der Waals surface area (Å²) in [6.45, 7) is -0.0718. The van der Waals surface area contributed by atoms with Crippen LogP contribution in [-0.2, 0) is 6.61 Å². The Morgan fingerprint density at radius 1 is 1.58 bits per heavy atom. The van der Waals surface area contributed by atoms with Crippen molar-refractivity contribution >= 4 is 19.0 Å². The zero-order valence-corrected chi connectivity index (χ0v) is 6.40. The molecule has 0 atom stereocenters. The van der Waals surface area contributed by atoms with Crippen molar-refractivity contribution < 1.29 is 14.0 Å². The topological polar surface area (TPSA) is 37.2 Å². The molecule has 2 aromatic rings. The number of hydrogen-bond acceptors (Lipinski definition) is 2. The Hall–Kier alpha value is -1.29. The van der Waals surface area contributed by atoms with Crippen molar-refractivity contribution in [2.24, 2.45) is 0 Å². The van der Waals surface area contributed by atoms with Crippen molar-refractivity contribution in [2.45, 2.75) is 6.61 Å². The smallest absolute Gasteiger partial charge is 0.458 e. The van der Waals surface area contributed by atoms with Gasteiger partial charge in [-0.1, -0.05) is 0 Å². The van der Waals surface area contributed by atoms with Crippen molar-refractivity contribution in [3.63, 3.8) is 0 Å². The second kappa shape index (κ2) is 2.64. The molecule has 12 heavy (non-hydrogen) atoms. The van der Waals surface area contributed by atoms with E-state index in [1.807, 2.05) is 6.07 Å². The maximum atomic E-state index is 8.88. The van der Waals surface area contributed by atoms with Gasteiger partial charge in [0, 0.05) is 11.5 Å². The number of aliphatic hydroxyl groups excluding tert-OH is 1. The van der Waals surface area contributed by atoms with Crippen LogP contribution in [-0.4, -0.2) is 13.1 Å². The quantitative estimate of drug-likeness (QED) is 0.602. The maximum Gasteiger partial charge on any atom is 0.586 e. The van der Waals surface area contributed by atoms with E-state index in [2.05, 4.69) is 0 Å². The van der Waals surface area contributed by atoms with Crippen LogP contribution in [0.15, 0.2) is 29.0 Å². The molecule has 0 amide bonds. The van der Waals surface area contributed by atoms with Gasteiger partial charge in [0.1, 0.15) is 6.61 Å². The van der Waals surface area contributed by atoms with Gasteiger partial charge in [-0.15, -0.1) is 0 Å². The molecular weight excluding hydrogens is 153 g/mol. The fourth-order valence-electron chi connectivity index (χ4n) is 1.15. The van der Waals surface area contributed by atoms with E-state index in [1.54, 1.807) is 18.5 Å². The first-order valence-corrected chi connectivity index (χ1v) is 3.59. The van der Waals surface area contributed by atoms with Crippen LogP contribution in [0.5, 0.6) is 0 Å². The van der Waals surface area contributed by atoms with Gasteiger partial charge >= 0.3 is 7.98 Å². The predicted molar refractivity (Wildman–Crippen MR) is 43.5 cm³/mol. The minimum atomic E-state index is -0.0718. The van der Waals surface area contributed by atoms with Crippen LogP contribution in [0.3, 0.4) is 0 Å².